The van der Waals surface area contributed by atoms with Crippen molar-refractivity contribution in [2.24, 2.45) is 5.84 Å². The van der Waals surface area contributed by atoms with Crippen LogP contribution in [0.4, 0.5) is 11.6 Å². The summed E-state index contributed by atoms with van der Waals surface area (Å²) in [6.45, 7) is 1.97. The van der Waals surface area contributed by atoms with Crippen LogP contribution in [-0.4, -0.2) is 40.4 Å². The van der Waals surface area contributed by atoms with E-state index >= 15 is 0 Å². The fourth-order valence-electron chi connectivity index (χ4n) is 1.78. The third-order valence-electron chi connectivity index (χ3n) is 2.69. The highest BCUT2D eigenvalue weighted by Crippen LogP contribution is 2.09. The molecule has 2 rings (SSSR count). The van der Waals surface area contributed by atoms with E-state index < -0.39 is 0 Å². The third-order valence-corrected chi connectivity index (χ3v) is 2.69. The Morgan fingerprint density at radius 3 is 2.76 bits per heavy atom. The molecule has 0 unspecified atom stereocenters. The van der Waals surface area contributed by atoms with E-state index in [-0.39, 0.29) is 12.5 Å². The van der Waals surface area contributed by atoms with E-state index in [9.17, 15) is 4.79 Å². The van der Waals surface area contributed by atoms with Gasteiger partial charge in [-0.05, 0) is 12.8 Å². The SMILES string of the molecule is NNc1cc(NCC(=O)N2CCCC2)ncn1. The number of likely N-dealkylation sites (tertiary alicyclic amines) is 1. The first-order valence-corrected chi connectivity index (χ1v) is 5.60. The number of hydrogen-bond donors (Lipinski definition) is 3. The summed E-state index contributed by atoms with van der Waals surface area (Å²) in [4.78, 5) is 21.5. The van der Waals surface area contributed by atoms with E-state index in [2.05, 4.69) is 20.7 Å². The quantitative estimate of drug-likeness (QED) is 0.495. The molecular formula is C10H16N6O. The summed E-state index contributed by atoms with van der Waals surface area (Å²) >= 11 is 0. The molecule has 1 aliphatic rings. The maximum atomic E-state index is 11.8. The number of hydrazine groups is 1. The second-order valence-corrected chi connectivity index (χ2v) is 3.87. The highest BCUT2D eigenvalue weighted by molar-refractivity contribution is 5.80. The fourth-order valence-corrected chi connectivity index (χ4v) is 1.78. The molecule has 2 heterocycles. The molecule has 92 valence electrons. The Morgan fingerprint density at radius 1 is 1.35 bits per heavy atom. The molecule has 0 atom stereocenters. The minimum absolute atomic E-state index is 0.100. The van der Waals surface area contributed by atoms with Crippen LogP contribution >= 0.6 is 0 Å². The number of hydrogen-bond acceptors (Lipinski definition) is 6. The topological polar surface area (TPSA) is 96.2 Å². The number of amides is 1. The molecule has 1 aromatic rings. The van der Waals surface area contributed by atoms with Crippen molar-refractivity contribution in [1.29, 1.82) is 0 Å². The minimum atomic E-state index is 0.100. The molecule has 4 N–H and O–H groups in total. The van der Waals surface area contributed by atoms with Gasteiger partial charge in [0.2, 0.25) is 5.91 Å². The maximum Gasteiger partial charge on any atom is 0.241 e. The monoisotopic (exact) mass is 236 g/mol. The molecular weight excluding hydrogens is 220 g/mol. The predicted octanol–water partition coefficient (Wildman–Crippen LogP) is -0.204. The molecule has 7 nitrogen and oxygen atoms in total. The van der Waals surface area contributed by atoms with Crippen LogP contribution in [-0.2, 0) is 4.79 Å². The van der Waals surface area contributed by atoms with Crippen LogP contribution in [0.15, 0.2) is 12.4 Å². The second-order valence-electron chi connectivity index (χ2n) is 3.87. The van der Waals surface area contributed by atoms with Crippen LogP contribution in [0.3, 0.4) is 0 Å². The van der Waals surface area contributed by atoms with E-state index in [0.717, 1.165) is 25.9 Å². The summed E-state index contributed by atoms with van der Waals surface area (Å²) in [7, 11) is 0. The van der Waals surface area contributed by atoms with Gasteiger partial charge in [-0.2, -0.15) is 0 Å². The van der Waals surface area contributed by atoms with E-state index in [0.29, 0.717) is 11.6 Å². The average Bonchev–Trinajstić information content (AvgIpc) is 2.90. The molecule has 1 aliphatic heterocycles. The van der Waals surface area contributed by atoms with Gasteiger partial charge in [0.15, 0.2) is 0 Å². The van der Waals surface area contributed by atoms with Gasteiger partial charge in [-0.3, -0.25) is 4.79 Å². The summed E-state index contributed by atoms with van der Waals surface area (Å²) in [6.07, 6.45) is 3.58. The maximum absolute atomic E-state index is 11.8. The summed E-state index contributed by atoms with van der Waals surface area (Å²) in [5, 5.41) is 2.96. The lowest BCUT2D eigenvalue weighted by Crippen LogP contribution is -2.33. The van der Waals surface area contributed by atoms with Gasteiger partial charge in [-0.1, -0.05) is 0 Å². The Labute approximate surface area is 99.4 Å². The first kappa shape index (κ1) is 11.6. The molecule has 7 heteroatoms. The van der Waals surface area contributed by atoms with Crippen molar-refractivity contribution in [1.82, 2.24) is 14.9 Å². The number of carbonyl (C=O) groups excluding carboxylic acids is 1. The molecule has 0 spiro atoms. The molecule has 0 radical (unpaired) electrons. The number of carbonyl (C=O) groups is 1. The zero-order valence-electron chi connectivity index (χ0n) is 9.52. The van der Waals surface area contributed by atoms with Crippen molar-refractivity contribution in [2.45, 2.75) is 12.8 Å². The van der Waals surface area contributed by atoms with Gasteiger partial charge >= 0.3 is 0 Å². The number of nitrogen functional groups attached to an aromatic ring is 1. The van der Waals surface area contributed by atoms with Gasteiger partial charge in [0.1, 0.15) is 18.0 Å². The summed E-state index contributed by atoms with van der Waals surface area (Å²) < 4.78 is 0. The van der Waals surface area contributed by atoms with Crippen LogP contribution in [0, 0.1) is 0 Å². The largest absolute Gasteiger partial charge is 0.361 e. The normalized spacial score (nSPS) is 14.8. The number of rotatable bonds is 4. The lowest BCUT2D eigenvalue weighted by molar-refractivity contribution is -0.128. The molecule has 17 heavy (non-hydrogen) atoms. The first-order valence-electron chi connectivity index (χ1n) is 5.60. The second kappa shape index (κ2) is 5.44. The van der Waals surface area contributed by atoms with Gasteiger partial charge < -0.3 is 15.6 Å². The summed E-state index contributed by atoms with van der Waals surface area (Å²) in [5.41, 5.74) is 2.42. The summed E-state index contributed by atoms with van der Waals surface area (Å²) in [5.74, 6) is 6.43. The van der Waals surface area contributed by atoms with Crippen LogP contribution in [0.2, 0.25) is 0 Å². The van der Waals surface area contributed by atoms with E-state index in [1.54, 1.807) is 6.07 Å². The molecule has 0 bridgehead atoms. The summed E-state index contributed by atoms with van der Waals surface area (Å²) in [6, 6.07) is 1.65. The molecule has 1 aromatic heterocycles. The Hall–Kier alpha value is -1.89. The number of nitrogens with zero attached hydrogens (tertiary/aromatic N) is 3. The fraction of sp³-hybridized carbons (Fsp3) is 0.500. The lowest BCUT2D eigenvalue weighted by Gasteiger charge is -2.15. The van der Waals surface area contributed by atoms with Crippen molar-refractivity contribution in [3.63, 3.8) is 0 Å². The van der Waals surface area contributed by atoms with Crippen LogP contribution in [0.1, 0.15) is 12.8 Å². The molecule has 1 saturated heterocycles. The van der Waals surface area contributed by atoms with Crippen LogP contribution in [0.25, 0.3) is 0 Å². The minimum Gasteiger partial charge on any atom is -0.361 e. The van der Waals surface area contributed by atoms with Crippen molar-refractivity contribution < 1.29 is 4.79 Å². The van der Waals surface area contributed by atoms with Crippen molar-refractivity contribution in [2.75, 3.05) is 30.4 Å². The zero-order valence-corrected chi connectivity index (χ0v) is 9.52. The highest BCUT2D eigenvalue weighted by Gasteiger charge is 2.17. The molecule has 1 amide bonds. The van der Waals surface area contributed by atoms with Gasteiger partial charge in [0.05, 0.1) is 6.54 Å². The van der Waals surface area contributed by atoms with E-state index in [1.807, 2.05) is 4.90 Å². The van der Waals surface area contributed by atoms with Gasteiger partial charge in [0.25, 0.3) is 0 Å². The predicted molar refractivity (Wildman–Crippen MR) is 64.1 cm³/mol. The van der Waals surface area contributed by atoms with Crippen molar-refractivity contribution >= 4 is 17.5 Å². The average molecular weight is 236 g/mol. The molecule has 0 saturated carbocycles. The van der Waals surface area contributed by atoms with Gasteiger partial charge in [-0.25, -0.2) is 15.8 Å². The lowest BCUT2D eigenvalue weighted by atomic mass is 10.4. The van der Waals surface area contributed by atoms with Crippen molar-refractivity contribution in [3.05, 3.63) is 12.4 Å². The van der Waals surface area contributed by atoms with Gasteiger partial charge in [0, 0.05) is 19.2 Å². The molecule has 0 aliphatic carbocycles. The zero-order chi connectivity index (χ0) is 12.1. The standard InChI is InChI=1S/C10H16N6O/c11-15-9-5-8(13-7-14-9)12-6-10(17)16-3-1-2-4-16/h5,7H,1-4,6,11H2,(H2,12,13,14,15). The number of nitrogens with two attached hydrogens (primary N) is 1. The Bertz CT molecular complexity index is 390. The Kier molecular flexibility index (Phi) is 3.71. The number of aromatic nitrogens is 2. The van der Waals surface area contributed by atoms with Crippen LogP contribution < -0.4 is 16.6 Å². The molecule has 0 aromatic carbocycles. The smallest absolute Gasteiger partial charge is 0.241 e. The number of nitrogens with one attached hydrogen (secondary N) is 2. The van der Waals surface area contributed by atoms with Crippen molar-refractivity contribution in [3.8, 4) is 0 Å². The Balaban J connectivity index is 1.86. The van der Waals surface area contributed by atoms with Gasteiger partial charge in [-0.15, -0.1) is 0 Å². The highest BCUT2D eigenvalue weighted by atomic mass is 16.2. The Morgan fingerprint density at radius 2 is 2.06 bits per heavy atom. The molecule has 1 fully saturated rings. The van der Waals surface area contributed by atoms with Crippen LogP contribution in [0.5, 0.6) is 0 Å². The third kappa shape index (κ3) is 3.04. The van der Waals surface area contributed by atoms with E-state index in [4.69, 9.17) is 5.84 Å². The number of anilines is 2. The first-order chi connectivity index (χ1) is 8.29. The van der Waals surface area contributed by atoms with E-state index in [1.165, 1.54) is 6.33 Å².